The van der Waals surface area contributed by atoms with E-state index in [1.165, 1.54) is 15.6 Å². The Morgan fingerprint density at radius 1 is 0.905 bits per heavy atom. The minimum absolute atomic E-state index is 0.710. The molecule has 0 fully saturated rings. The fourth-order valence-corrected chi connectivity index (χ4v) is 2.51. The van der Waals surface area contributed by atoms with Crippen molar-refractivity contribution >= 4 is 15.9 Å². The van der Waals surface area contributed by atoms with Crippen molar-refractivity contribution in [2.45, 2.75) is 25.9 Å². The van der Waals surface area contributed by atoms with Gasteiger partial charge < -0.3 is 4.74 Å². The van der Waals surface area contributed by atoms with E-state index in [0.29, 0.717) is 6.61 Å². The van der Waals surface area contributed by atoms with Gasteiger partial charge in [-0.15, -0.1) is 0 Å². The summed E-state index contributed by atoms with van der Waals surface area (Å²) in [5.74, 6) is 0. The van der Waals surface area contributed by atoms with Gasteiger partial charge >= 0.3 is 0 Å². The second-order valence-corrected chi connectivity index (χ2v) is 5.80. The molecule has 0 N–H and O–H groups in total. The van der Waals surface area contributed by atoms with Crippen LogP contribution in [0, 0.1) is 0 Å². The summed E-state index contributed by atoms with van der Waals surface area (Å²) in [6.07, 6.45) is 7.59. The molecule has 0 atom stereocenters. The average Bonchev–Trinajstić information content (AvgIpc) is 2.52. The van der Waals surface area contributed by atoms with Crippen LogP contribution in [-0.4, -0.2) is 6.61 Å². The molecular formula is C19H21BrO. The van der Waals surface area contributed by atoms with Gasteiger partial charge in [0.05, 0.1) is 6.61 Å². The maximum absolute atomic E-state index is 5.66. The highest BCUT2D eigenvalue weighted by Crippen LogP contribution is 2.16. The van der Waals surface area contributed by atoms with Crippen LogP contribution in [0.5, 0.6) is 0 Å². The van der Waals surface area contributed by atoms with Crippen molar-refractivity contribution in [3.8, 4) is 0 Å². The van der Waals surface area contributed by atoms with Crippen LogP contribution in [0.25, 0.3) is 0 Å². The lowest BCUT2D eigenvalue weighted by atomic mass is 10.1. The van der Waals surface area contributed by atoms with E-state index >= 15 is 0 Å². The number of allylic oxidation sites excluding steroid dienone is 2. The quantitative estimate of drug-likeness (QED) is 0.451. The Kier molecular flexibility index (Phi) is 7.27. The Morgan fingerprint density at radius 3 is 2.48 bits per heavy atom. The van der Waals surface area contributed by atoms with Crippen LogP contribution >= 0.6 is 15.9 Å². The van der Waals surface area contributed by atoms with E-state index in [2.05, 4.69) is 58.4 Å². The number of benzene rings is 2. The summed E-state index contributed by atoms with van der Waals surface area (Å²) < 4.78 is 6.84. The Hall–Kier alpha value is -1.38. The summed E-state index contributed by atoms with van der Waals surface area (Å²) in [7, 11) is 0. The highest BCUT2D eigenvalue weighted by atomic mass is 79.9. The maximum atomic E-state index is 5.66. The van der Waals surface area contributed by atoms with Gasteiger partial charge in [-0.2, -0.15) is 0 Å². The molecule has 1 nitrogen and oxygen atoms in total. The van der Waals surface area contributed by atoms with Crippen LogP contribution in [0.1, 0.15) is 24.0 Å². The maximum Gasteiger partial charge on any atom is 0.0716 e. The van der Waals surface area contributed by atoms with Gasteiger partial charge in [0, 0.05) is 11.1 Å². The van der Waals surface area contributed by atoms with Gasteiger partial charge in [0.25, 0.3) is 0 Å². The van der Waals surface area contributed by atoms with Crippen molar-refractivity contribution < 1.29 is 4.74 Å². The Morgan fingerprint density at radius 2 is 1.67 bits per heavy atom. The second-order valence-electron chi connectivity index (χ2n) is 4.95. The molecule has 110 valence electrons. The highest BCUT2D eigenvalue weighted by Gasteiger charge is 1.94. The first-order valence-corrected chi connectivity index (χ1v) is 8.15. The zero-order valence-electron chi connectivity index (χ0n) is 12.2. The van der Waals surface area contributed by atoms with E-state index in [9.17, 15) is 0 Å². The minimum Gasteiger partial charge on any atom is -0.377 e. The number of hydrogen-bond acceptors (Lipinski definition) is 1. The first-order valence-electron chi connectivity index (χ1n) is 7.36. The van der Waals surface area contributed by atoms with E-state index in [1.807, 2.05) is 24.3 Å². The van der Waals surface area contributed by atoms with Gasteiger partial charge in [-0.25, -0.2) is 0 Å². The van der Waals surface area contributed by atoms with Gasteiger partial charge in [0.2, 0.25) is 0 Å². The lowest BCUT2D eigenvalue weighted by Gasteiger charge is -2.03. The molecule has 0 aliphatic heterocycles. The molecule has 2 aromatic carbocycles. The first-order chi connectivity index (χ1) is 10.4. The molecule has 2 rings (SSSR count). The summed E-state index contributed by atoms with van der Waals surface area (Å²) in [5.41, 5.74) is 2.57. The standard InChI is InChI=1S/C19H21BrO/c20-19-14-8-7-13-18(19)12-6-1-2-9-15-21-16-17-10-4-3-5-11-17/h1,3-8,10-11,13-14H,2,9,12,15-16H2/b6-1+. The summed E-state index contributed by atoms with van der Waals surface area (Å²) in [6.45, 7) is 1.52. The molecule has 0 aliphatic rings. The van der Waals surface area contributed by atoms with Gasteiger partial charge in [0.15, 0.2) is 0 Å². The summed E-state index contributed by atoms with van der Waals surface area (Å²) in [5, 5.41) is 0. The van der Waals surface area contributed by atoms with Crippen LogP contribution in [-0.2, 0) is 17.8 Å². The molecule has 0 spiro atoms. The highest BCUT2D eigenvalue weighted by molar-refractivity contribution is 9.10. The lowest BCUT2D eigenvalue weighted by molar-refractivity contribution is 0.119. The molecule has 21 heavy (non-hydrogen) atoms. The normalized spacial score (nSPS) is 11.1. The third-order valence-corrected chi connectivity index (χ3v) is 4.01. The molecule has 2 aromatic rings. The van der Waals surface area contributed by atoms with Crippen molar-refractivity contribution in [2.75, 3.05) is 6.61 Å². The predicted molar refractivity (Wildman–Crippen MR) is 92.3 cm³/mol. The molecule has 0 saturated carbocycles. The number of halogens is 1. The zero-order valence-corrected chi connectivity index (χ0v) is 13.8. The fraction of sp³-hybridized carbons (Fsp3) is 0.263. The van der Waals surface area contributed by atoms with Gasteiger partial charge in [0.1, 0.15) is 0 Å². The van der Waals surface area contributed by atoms with Gasteiger partial charge in [-0.05, 0) is 36.5 Å². The molecule has 0 aliphatic carbocycles. The topological polar surface area (TPSA) is 9.23 Å². The molecular weight excluding hydrogens is 324 g/mol. The van der Waals surface area contributed by atoms with Crippen molar-refractivity contribution in [1.29, 1.82) is 0 Å². The van der Waals surface area contributed by atoms with Crippen LogP contribution in [0.2, 0.25) is 0 Å². The molecule has 0 radical (unpaired) electrons. The molecule has 0 bridgehead atoms. The Bertz CT molecular complexity index is 549. The SMILES string of the molecule is Brc1ccccc1C/C=C/CCCOCc1ccccc1. The average molecular weight is 345 g/mol. The number of rotatable bonds is 8. The summed E-state index contributed by atoms with van der Waals surface area (Å²) in [4.78, 5) is 0. The lowest BCUT2D eigenvalue weighted by Crippen LogP contribution is -1.94. The first kappa shape index (κ1) is 16.0. The Labute approximate surface area is 135 Å². The summed E-state index contributed by atoms with van der Waals surface area (Å²) >= 11 is 3.57. The number of unbranched alkanes of at least 4 members (excludes halogenated alkanes) is 1. The molecule has 0 aromatic heterocycles. The minimum atomic E-state index is 0.710. The van der Waals surface area contributed by atoms with Crippen molar-refractivity contribution in [3.05, 3.63) is 82.3 Å². The predicted octanol–water partition coefficient (Wildman–Crippen LogP) is 5.54. The van der Waals surface area contributed by atoms with E-state index in [4.69, 9.17) is 4.74 Å². The molecule has 0 amide bonds. The Balaban J connectivity index is 1.56. The van der Waals surface area contributed by atoms with E-state index in [-0.39, 0.29) is 0 Å². The van der Waals surface area contributed by atoms with Crippen LogP contribution < -0.4 is 0 Å². The van der Waals surface area contributed by atoms with Gasteiger partial charge in [-0.1, -0.05) is 76.6 Å². The zero-order chi connectivity index (χ0) is 14.8. The number of hydrogen-bond donors (Lipinski definition) is 0. The van der Waals surface area contributed by atoms with Crippen LogP contribution in [0.3, 0.4) is 0 Å². The third-order valence-electron chi connectivity index (χ3n) is 3.23. The molecule has 2 heteroatoms. The van der Waals surface area contributed by atoms with Crippen molar-refractivity contribution in [1.82, 2.24) is 0 Å². The smallest absolute Gasteiger partial charge is 0.0716 e. The molecule has 0 saturated heterocycles. The van der Waals surface area contributed by atoms with Crippen molar-refractivity contribution in [2.24, 2.45) is 0 Å². The second kappa shape index (κ2) is 9.54. The van der Waals surface area contributed by atoms with E-state index in [0.717, 1.165) is 25.9 Å². The van der Waals surface area contributed by atoms with E-state index < -0.39 is 0 Å². The monoisotopic (exact) mass is 344 g/mol. The third kappa shape index (κ3) is 6.28. The van der Waals surface area contributed by atoms with Crippen LogP contribution in [0.15, 0.2) is 71.2 Å². The largest absolute Gasteiger partial charge is 0.377 e. The fourth-order valence-electron chi connectivity index (χ4n) is 2.06. The van der Waals surface area contributed by atoms with E-state index in [1.54, 1.807) is 0 Å². The van der Waals surface area contributed by atoms with Crippen molar-refractivity contribution in [3.63, 3.8) is 0 Å². The number of ether oxygens (including phenoxy) is 1. The summed E-state index contributed by atoms with van der Waals surface area (Å²) in [6, 6.07) is 18.7. The molecule has 0 unspecified atom stereocenters. The van der Waals surface area contributed by atoms with Crippen LogP contribution in [0.4, 0.5) is 0 Å². The molecule has 0 heterocycles. The van der Waals surface area contributed by atoms with Gasteiger partial charge in [-0.3, -0.25) is 0 Å².